The van der Waals surface area contributed by atoms with Crippen LogP contribution in [0.1, 0.15) is 45.1 Å². The van der Waals surface area contributed by atoms with E-state index >= 15 is 0 Å². The van der Waals surface area contributed by atoms with Crippen LogP contribution < -0.4 is 10.7 Å². The van der Waals surface area contributed by atoms with E-state index in [4.69, 9.17) is 11.6 Å². The van der Waals surface area contributed by atoms with Crippen molar-refractivity contribution in [3.8, 4) is 0 Å². The molecule has 22 heavy (non-hydrogen) atoms. The molecule has 0 bridgehead atoms. The van der Waals surface area contributed by atoms with Crippen LogP contribution in [-0.2, 0) is 9.59 Å². The summed E-state index contributed by atoms with van der Waals surface area (Å²) in [6.45, 7) is 5.61. The molecule has 0 spiro atoms. The van der Waals surface area contributed by atoms with Gasteiger partial charge in [-0.3, -0.25) is 9.59 Å². The average Bonchev–Trinajstić information content (AvgIpc) is 2.46. The topological polar surface area (TPSA) is 70.6 Å². The third-order valence-electron chi connectivity index (χ3n) is 3.02. The summed E-state index contributed by atoms with van der Waals surface area (Å²) in [4.78, 5) is 23.4. The molecule has 2 amide bonds. The summed E-state index contributed by atoms with van der Waals surface area (Å²) in [6.07, 6.45) is 2.34. The van der Waals surface area contributed by atoms with Crippen molar-refractivity contribution in [1.82, 2.24) is 5.43 Å². The predicted octanol–water partition coefficient (Wildman–Crippen LogP) is 3.66. The van der Waals surface area contributed by atoms with Crippen LogP contribution in [0.25, 0.3) is 0 Å². The van der Waals surface area contributed by atoms with E-state index in [9.17, 15) is 9.59 Å². The summed E-state index contributed by atoms with van der Waals surface area (Å²) in [6, 6.07) is 5.31. The predicted molar refractivity (Wildman–Crippen MR) is 90.2 cm³/mol. The lowest BCUT2D eigenvalue weighted by Crippen LogP contribution is -2.21. The Hall–Kier alpha value is -1.88. The molecular weight excluding hydrogens is 302 g/mol. The van der Waals surface area contributed by atoms with Crippen molar-refractivity contribution >= 4 is 34.8 Å². The molecule has 0 radical (unpaired) electrons. The van der Waals surface area contributed by atoms with Crippen LogP contribution in [0.15, 0.2) is 23.3 Å². The minimum Gasteiger partial charge on any atom is -0.325 e. The number of carbonyl (C=O) groups is 2. The number of nitrogens with one attached hydrogen (secondary N) is 2. The zero-order valence-electron chi connectivity index (χ0n) is 13.2. The summed E-state index contributed by atoms with van der Waals surface area (Å²) in [5.74, 6) is -0.332. The van der Waals surface area contributed by atoms with Gasteiger partial charge in [0.2, 0.25) is 11.8 Å². The van der Waals surface area contributed by atoms with Crippen molar-refractivity contribution in [3.63, 3.8) is 0 Å². The normalized spacial score (nSPS) is 11.2. The third kappa shape index (κ3) is 6.72. The molecule has 0 atom stereocenters. The number of unbranched alkanes of at least 4 members (excludes halogenated alkanes) is 1. The van der Waals surface area contributed by atoms with Gasteiger partial charge in [0.25, 0.3) is 0 Å². The van der Waals surface area contributed by atoms with Gasteiger partial charge in [0, 0.05) is 22.8 Å². The van der Waals surface area contributed by atoms with E-state index in [1.807, 2.05) is 19.9 Å². The minimum absolute atomic E-state index is 0.111. The maximum absolute atomic E-state index is 12.0. The number of anilines is 1. The number of hydrogen-bond acceptors (Lipinski definition) is 3. The Kier molecular flexibility index (Phi) is 7.60. The molecule has 0 heterocycles. The molecule has 0 aromatic heterocycles. The first-order chi connectivity index (χ1) is 10.4. The van der Waals surface area contributed by atoms with E-state index in [-0.39, 0.29) is 18.2 Å². The van der Waals surface area contributed by atoms with Gasteiger partial charge >= 0.3 is 0 Å². The third-order valence-corrected chi connectivity index (χ3v) is 3.25. The van der Waals surface area contributed by atoms with Gasteiger partial charge in [-0.25, -0.2) is 5.43 Å². The molecule has 0 aliphatic carbocycles. The molecule has 0 saturated heterocycles. The van der Waals surface area contributed by atoms with Crippen LogP contribution in [0.2, 0.25) is 5.02 Å². The summed E-state index contributed by atoms with van der Waals surface area (Å²) in [5, 5.41) is 7.28. The molecule has 2 N–H and O–H groups in total. The Morgan fingerprint density at radius 1 is 1.27 bits per heavy atom. The standard InChI is InChI=1S/C16H22ClN3O2/c1-4-5-6-15(21)20-19-12(3)9-16(22)18-14-10-13(17)8-7-11(14)2/h7-8,10H,4-6,9H2,1-3H3,(H,18,22)(H,20,21)/b19-12-. The second kappa shape index (κ2) is 9.20. The molecule has 0 saturated carbocycles. The maximum atomic E-state index is 12.0. The van der Waals surface area contributed by atoms with Gasteiger partial charge in [-0.1, -0.05) is 31.0 Å². The van der Waals surface area contributed by atoms with E-state index < -0.39 is 0 Å². The monoisotopic (exact) mass is 323 g/mol. The van der Waals surface area contributed by atoms with Gasteiger partial charge in [-0.2, -0.15) is 5.10 Å². The number of hydrogen-bond donors (Lipinski definition) is 2. The van der Waals surface area contributed by atoms with E-state index in [0.717, 1.165) is 18.4 Å². The number of rotatable bonds is 7. The molecule has 1 aromatic carbocycles. The van der Waals surface area contributed by atoms with Crippen molar-refractivity contribution in [2.24, 2.45) is 5.10 Å². The summed E-state index contributed by atoms with van der Waals surface area (Å²) >= 11 is 5.91. The van der Waals surface area contributed by atoms with Crippen LogP contribution in [-0.4, -0.2) is 17.5 Å². The van der Waals surface area contributed by atoms with Crippen molar-refractivity contribution < 1.29 is 9.59 Å². The number of carbonyl (C=O) groups excluding carboxylic acids is 2. The summed E-state index contributed by atoms with van der Waals surface area (Å²) < 4.78 is 0. The Morgan fingerprint density at radius 3 is 2.68 bits per heavy atom. The fraction of sp³-hybridized carbons (Fsp3) is 0.438. The Balaban J connectivity index is 2.50. The Bertz CT molecular complexity index is 571. The summed E-state index contributed by atoms with van der Waals surface area (Å²) in [7, 11) is 0. The Morgan fingerprint density at radius 2 is 2.00 bits per heavy atom. The van der Waals surface area contributed by atoms with Crippen molar-refractivity contribution in [2.45, 2.75) is 46.5 Å². The van der Waals surface area contributed by atoms with Gasteiger partial charge < -0.3 is 5.32 Å². The molecule has 0 unspecified atom stereocenters. The van der Waals surface area contributed by atoms with Crippen LogP contribution in [0.5, 0.6) is 0 Å². The molecule has 1 rings (SSSR count). The van der Waals surface area contributed by atoms with E-state index in [2.05, 4.69) is 15.8 Å². The molecule has 0 aliphatic rings. The lowest BCUT2D eigenvalue weighted by atomic mass is 10.2. The van der Waals surface area contributed by atoms with Gasteiger partial charge in [0.05, 0.1) is 6.42 Å². The molecule has 0 aliphatic heterocycles. The van der Waals surface area contributed by atoms with E-state index in [0.29, 0.717) is 22.8 Å². The van der Waals surface area contributed by atoms with Crippen LogP contribution in [0, 0.1) is 6.92 Å². The van der Waals surface area contributed by atoms with E-state index in [1.165, 1.54) is 0 Å². The van der Waals surface area contributed by atoms with Gasteiger partial charge in [-0.15, -0.1) is 0 Å². The smallest absolute Gasteiger partial charge is 0.240 e. The average molecular weight is 324 g/mol. The molecule has 0 fully saturated rings. The molecule has 120 valence electrons. The van der Waals surface area contributed by atoms with Crippen molar-refractivity contribution in [1.29, 1.82) is 0 Å². The van der Waals surface area contributed by atoms with Gasteiger partial charge in [-0.05, 0) is 38.0 Å². The SMILES string of the molecule is CCCCC(=O)N/N=C(/C)CC(=O)Nc1cc(Cl)ccc1C. The summed E-state index contributed by atoms with van der Waals surface area (Å²) in [5.41, 5.74) is 4.61. The zero-order chi connectivity index (χ0) is 16.5. The minimum atomic E-state index is -0.200. The maximum Gasteiger partial charge on any atom is 0.240 e. The number of benzene rings is 1. The molecule has 6 heteroatoms. The molecule has 5 nitrogen and oxygen atoms in total. The first-order valence-electron chi connectivity index (χ1n) is 7.30. The zero-order valence-corrected chi connectivity index (χ0v) is 14.0. The number of hydrazone groups is 1. The Labute approximate surface area is 136 Å². The molecule has 1 aromatic rings. The number of aryl methyl sites for hydroxylation is 1. The fourth-order valence-electron chi connectivity index (χ4n) is 1.75. The number of halogens is 1. The highest BCUT2D eigenvalue weighted by molar-refractivity contribution is 6.31. The number of amides is 2. The highest BCUT2D eigenvalue weighted by atomic mass is 35.5. The van der Waals surface area contributed by atoms with Crippen LogP contribution in [0.4, 0.5) is 5.69 Å². The van der Waals surface area contributed by atoms with Crippen molar-refractivity contribution in [2.75, 3.05) is 5.32 Å². The largest absolute Gasteiger partial charge is 0.325 e. The van der Waals surface area contributed by atoms with Crippen molar-refractivity contribution in [3.05, 3.63) is 28.8 Å². The van der Waals surface area contributed by atoms with Crippen LogP contribution >= 0.6 is 11.6 Å². The second-order valence-corrected chi connectivity index (χ2v) is 5.61. The highest BCUT2D eigenvalue weighted by Gasteiger charge is 2.07. The van der Waals surface area contributed by atoms with Gasteiger partial charge in [0.1, 0.15) is 0 Å². The highest BCUT2D eigenvalue weighted by Crippen LogP contribution is 2.20. The quantitative estimate of drug-likeness (QED) is 0.594. The molecular formula is C16H22ClN3O2. The fourth-order valence-corrected chi connectivity index (χ4v) is 1.92. The number of nitrogens with zero attached hydrogens (tertiary/aromatic N) is 1. The second-order valence-electron chi connectivity index (χ2n) is 5.17. The van der Waals surface area contributed by atoms with Gasteiger partial charge in [0.15, 0.2) is 0 Å². The first-order valence-corrected chi connectivity index (χ1v) is 7.68. The first kappa shape index (κ1) is 18.2. The van der Waals surface area contributed by atoms with E-state index in [1.54, 1.807) is 19.1 Å². The van der Waals surface area contributed by atoms with Crippen LogP contribution in [0.3, 0.4) is 0 Å². The lowest BCUT2D eigenvalue weighted by Gasteiger charge is -2.08. The lowest BCUT2D eigenvalue weighted by molar-refractivity contribution is -0.121.